The van der Waals surface area contributed by atoms with Crippen LogP contribution in [0.15, 0.2) is 24.3 Å². The number of hydrogen-bond donors (Lipinski definition) is 2. The molecule has 0 spiro atoms. The summed E-state index contributed by atoms with van der Waals surface area (Å²) < 4.78 is 0. The van der Waals surface area contributed by atoms with Crippen molar-refractivity contribution in [1.82, 2.24) is 5.32 Å². The quantitative estimate of drug-likeness (QED) is 0.795. The molecule has 0 saturated heterocycles. The number of nitrogens with one attached hydrogen (secondary N) is 1. The van der Waals surface area contributed by atoms with Crippen LogP contribution in [0.25, 0.3) is 0 Å². The van der Waals surface area contributed by atoms with Gasteiger partial charge in [0.15, 0.2) is 0 Å². The van der Waals surface area contributed by atoms with Gasteiger partial charge in [0, 0.05) is 18.0 Å². The molecule has 16 heavy (non-hydrogen) atoms. The molecular weight excluding hydrogens is 196 g/mol. The summed E-state index contributed by atoms with van der Waals surface area (Å²) >= 11 is 0. The van der Waals surface area contributed by atoms with Crippen molar-refractivity contribution in [1.29, 1.82) is 0 Å². The van der Waals surface area contributed by atoms with Gasteiger partial charge in [0.1, 0.15) is 0 Å². The molecule has 1 aromatic carbocycles. The van der Waals surface area contributed by atoms with Crippen molar-refractivity contribution in [3.63, 3.8) is 0 Å². The largest absolute Gasteiger partial charge is 0.323 e. The zero-order valence-corrected chi connectivity index (χ0v) is 10.3. The summed E-state index contributed by atoms with van der Waals surface area (Å²) in [7, 11) is 2.01. The van der Waals surface area contributed by atoms with Gasteiger partial charge in [-0.3, -0.25) is 0 Å². The molecule has 0 aliphatic heterocycles. The van der Waals surface area contributed by atoms with E-state index in [9.17, 15) is 0 Å². The van der Waals surface area contributed by atoms with Gasteiger partial charge in [0.2, 0.25) is 0 Å². The molecule has 1 fully saturated rings. The van der Waals surface area contributed by atoms with Crippen LogP contribution in [0.5, 0.6) is 0 Å². The second-order valence-electron chi connectivity index (χ2n) is 4.97. The van der Waals surface area contributed by atoms with Crippen LogP contribution in [-0.4, -0.2) is 13.6 Å². The molecular formula is C14H22N2. The lowest BCUT2D eigenvalue weighted by Gasteiger charge is -2.23. The van der Waals surface area contributed by atoms with E-state index in [0.29, 0.717) is 5.41 Å². The normalized spacial score (nSPS) is 19.4. The number of nitrogens with two attached hydrogens (primary N) is 1. The maximum Gasteiger partial charge on any atom is 0.0364 e. The highest BCUT2D eigenvalue weighted by molar-refractivity contribution is 5.28. The molecule has 2 rings (SSSR count). The number of hydrogen-bond acceptors (Lipinski definition) is 2. The van der Waals surface area contributed by atoms with Gasteiger partial charge in [-0.05, 0) is 37.4 Å². The third-order valence-electron chi connectivity index (χ3n) is 3.83. The fraction of sp³-hybridized carbons (Fsp3) is 0.571. The molecule has 1 aliphatic carbocycles. The van der Waals surface area contributed by atoms with E-state index in [-0.39, 0.29) is 6.04 Å². The van der Waals surface area contributed by atoms with Crippen molar-refractivity contribution in [2.24, 2.45) is 11.1 Å². The van der Waals surface area contributed by atoms with Crippen LogP contribution >= 0.6 is 0 Å². The van der Waals surface area contributed by atoms with Crippen LogP contribution in [-0.2, 0) is 6.42 Å². The summed E-state index contributed by atoms with van der Waals surface area (Å²) in [5, 5.41) is 3.26. The van der Waals surface area contributed by atoms with E-state index < -0.39 is 0 Å². The van der Waals surface area contributed by atoms with Gasteiger partial charge in [-0.2, -0.15) is 0 Å². The first-order chi connectivity index (χ1) is 7.72. The van der Waals surface area contributed by atoms with Crippen molar-refractivity contribution in [2.45, 2.75) is 32.2 Å². The molecule has 1 atom stereocenters. The SMILES string of the molecule is CCc1ccc(C(N)C2(CNC)CC2)cc1. The molecule has 3 N–H and O–H groups in total. The maximum atomic E-state index is 6.37. The highest BCUT2D eigenvalue weighted by atomic mass is 14.9. The summed E-state index contributed by atoms with van der Waals surface area (Å²) in [6.45, 7) is 3.21. The number of rotatable bonds is 5. The van der Waals surface area contributed by atoms with E-state index in [2.05, 4.69) is 36.5 Å². The Balaban J connectivity index is 2.11. The van der Waals surface area contributed by atoms with E-state index >= 15 is 0 Å². The average Bonchev–Trinajstić information content (AvgIpc) is 3.10. The minimum absolute atomic E-state index is 0.186. The number of aryl methyl sites for hydroxylation is 1. The zero-order valence-electron chi connectivity index (χ0n) is 10.3. The Labute approximate surface area is 98.2 Å². The third kappa shape index (κ3) is 2.13. The molecule has 1 aromatic rings. The Bertz CT molecular complexity index is 338. The van der Waals surface area contributed by atoms with Gasteiger partial charge in [-0.15, -0.1) is 0 Å². The van der Waals surface area contributed by atoms with Crippen molar-refractivity contribution in [3.05, 3.63) is 35.4 Å². The van der Waals surface area contributed by atoms with Gasteiger partial charge in [-0.25, -0.2) is 0 Å². The van der Waals surface area contributed by atoms with Crippen LogP contribution in [0.1, 0.15) is 36.9 Å². The first kappa shape index (κ1) is 11.6. The van der Waals surface area contributed by atoms with Gasteiger partial charge >= 0.3 is 0 Å². The van der Waals surface area contributed by atoms with E-state index in [4.69, 9.17) is 5.73 Å². The summed E-state index contributed by atoms with van der Waals surface area (Å²) in [5.74, 6) is 0. The maximum absolute atomic E-state index is 6.37. The van der Waals surface area contributed by atoms with Crippen LogP contribution in [0.4, 0.5) is 0 Å². The first-order valence-electron chi connectivity index (χ1n) is 6.21. The molecule has 0 amide bonds. The Morgan fingerprint density at radius 1 is 1.31 bits per heavy atom. The molecule has 0 heterocycles. The second-order valence-corrected chi connectivity index (χ2v) is 4.97. The molecule has 2 heteroatoms. The van der Waals surface area contributed by atoms with E-state index in [1.54, 1.807) is 0 Å². The minimum Gasteiger partial charge on any atom is -0.323 e. The van der Waals surface area contributed by atoms with Gasteiger partial charge in [-0.1, -0.05) is 31.2 Å². The van der Waals surface area contributed by atoms with Crippen LogP contribution in [0, 0.1) is 5.41 Å². The average molecular weight is 218 g/mol. The van der Waals surface area contributed by atoms with Crippen molar-refractivity contribution < 1.29 is 0 Å². The van der Waals surface area contributed by atoms with Crippen molar-refractivity contribution in [3.8, 4) is 0 Å². The smallest absolute Gasteiger partial charge is 0.0364 e. The predicted octanol–water partition coefficient (Wildman–Crippen LogP) is 2.25. The molecule has 0 bridgehead atoms. The molecule has 88 valence electrons. The molecule has 2 nitrogen and oxygen atoms in total. The first-order valence-corrected chi connectivity index (χ1v) is 6.21. The summed E-state index contributed by atoms with van der Waals surface area (Å²) in [6.07, 6.45) is 3.60. The topological polar surface area (TPSA) is 38.0 Å². The molecule has 1 aliphatic rings. The van der Waals surface area contributed by atoms with E-state index in [0.717, 1.165) is 13.0 Å². The van der Waals surface area contributed by atoms with Gasteiger partial charge < -0.3 is 11.1 Å². The lowest BCUT2D eigenvalue weighted by atomic mass is 9.90. The highest BCUT2D eigenvalue weighted by Crippen LogP contribution is 2.53. The summed E-state index contributed by atoms with van der Waals surface area (Å²) in [5.41, 5.74) is 9.36. The number of benzene rings is 1. The predicted molar refractivity (Wildman–Crippen MR) is 68.3 cm³/mol. The molecule has 0 radical (unpaired) electrons. The lowest BCUT2D eigenvalue weighted by Crippen LogP contribution is -2.31. The van der Waals surface area contributed by atoms with E-state index in [1.165, 1.54) is 24.0 Å². The third-order valence-corrected chi connectivity index (χ3v) is 3.83. The Kier molecular flexibility index (Phi) is 3.31. The summed E-state index contributed by atoms with van der Waals surface area (Å²) in [6, 6.07) is 8.97. The Morgan fingerprint density at radius 2 is 1.94 bits per heavy atom. The van der Waals surface area contributed by atoms with Crippen LogP contribution in [0.3, 0.4) is 0 Å². The fourth-order valence-corrected chi connectivity index (χ4v) is 2.42. The fourth-order valence-electron chi connectivity index (χ4n) is 2.42. The molecule has 1 unspecified atom stereocenters. The molecule has 0 aromatic heterocycles. The Morgan fingerprint density at radius 3 is 2.38 bits per heavy atom. The van der Waals surface area contributed by atoms with Crippen molar-refractivity contribution >= 4 is 0 Å². The Hall–Kier alpha value is -0.860. The van der Waals surface area contributed by atoms with Gasteiger partial charge in [0.05, 0.1) is 0 Å². The molecule has 1 saturated carbocycles. The minimum atomic E-state index is 0.186. The highest BCUT2D eigenvalue weighted by Gasteiger charge is 2.47. The second kappa shape index (κ2) is 4.56. The monoisotopic (exact) mass is 218 g/mol. The van der Waals surface area contributed by atoms with Crippen LogP contribution in [0.2, 0.25) is 0 Å². The standard InChI is InChI=1S/C14H22N2/c1-3-11-4-6-12(7-5-11)13(15)14(8-9-14)10-16-2/h4-7,13,16H,3,8-10,15H2,1-2H3. The zero-order chi connectivity index (χ0) is 11.6. The van der Waals surface area contributed by atoms with Gasteiger partial charge in [0.25, 0.3) is 0 Å². The summed E-state index contributed by atoms with van der Waals surface area (Å²) in [4.78, 5) is 0. The lowest BCUT2D eigenvalue weighted by molar-refractivity contribution is 0.392. The van der Waals surface area contributed by atoms with E-state index in [1.807, 2.05) is 7.05 Å². The van der Waals surface area contributed by atoms with Crippen molar-refractivity contribution in [2.75, 3.05) is 13.6 Å². The van der Waals surface area contributed by atoms with Crippen LogP contribution < -0.4 is 11.1 Å².